The lowest BCUT2D eigenvalue weighted by molar-refractivity contribution is -0.117. The Morgan fingerprint density at radius 1 is 1.15 bits per heavy atom. The average molecular weight is 387 g/mol. The standard InChI is InChI=1S/C19H12Cl2N2O3/c20-15-4-1-5-16(21)18(15)17-7-6-13(26-17)9-12(10-22)19(24)23-11-14-3-2-8-25-14/h1-9H,11H2,(H,23,24). The van der Waals surface area contributed by atoms with Crippen LogP contribution in [0.2, 0.25) is 10.0 Å². The van der Waals surface area contributed by atoms with Gasteiger partial charge in [-0.2, -0.15) is 5.26 Å². The Morgan fingerprint density at radius 2 is 1.92 bits per heavy atom. The highest BCUT2D eigenvalue weighted by Gasteiger charge is 2.14. The van der Waals surface area contributed by atoms with Crippen LogP contribution in [0.4, 0.5) is 0 Å². The Labute approximate surface area is 159 Å². The van der Waals surface area contributed by atoms with Gasteiger partial charge in [0, 0.05) is 6.08 Å². The maximum Gasteiger partial charge on any atom is 0.262 e. The van der Waals surface area contributed by atoms with Crippen molar-refractivity contribution in [1.29, 1.82) is 5.26 Å². The van der Waals surface area contributed by atoms with Gasteiger partial charge >= 0.3 is 0 Å². The third-order valence-electron chi connectivity index (χ3n) is 3.49. The quantitative estimate of drug-likeness (QED) is 0.490. The molecule has 2 heterocycles. The van der Waals surface area contributed by atoms with Gasteiger partial charge in [0.05, 0.1) is 28.4 Å². The summed E-state index contributed by atoms with van der Waals surface area (Å²) in [6.07, 6.45) is 2.86. The molecule has 0 radical (unpaired) electrons. The summed E-state index contributed by atoms with van der Waals surface area (Å²) < 4.78 is 10.8. The third-order valence-corrected chi connectivity index (χ3v) is 4.12. The molecular weight excluding hydrogens is 375 g/mol. The second-order valence-electron chi connectivity index (χ2n) is 5.23. The predicted molar refractivity (Wildman–Crippen MR) is 98.3 cm³/mol. The monoisotopic (exact) mass is 386 g/mol. The minimum atomic E-state index is -0.530. The van der Waals surface area contributed by atoms with E-state index in [4.69, 9.17) is 32.0 Å². The van der Waals surface area contributed by atoms with Gasteiger partial charge in [-0.25, -0.2) is 0 Å². The van der Waals surface area contributed by atoms with Gasteiger partial charge in [-0.3, -0.25) is 4.79 Å². The fourth-order valence-corrected chi connectivity index (χ4v) is 2.85. The van der Waals surface area contributed by atoms with E-state index in [1.807, 2.05) is 6.07 Å². The molecule has 1 aromatic carbocycles. The highest BCUT2D eigenvalue weighted by Crippen LogP contribution is 2.35. The van der Waals surface area contributed by atoms with Crippen molar-refractivity contribution in [2.75, 3.05) is 0 Å². The Hall–Kier alpha value is -2.94. The Balaban J connectivity index is 1.79. The van der Waals surface area contributed by atoms with Crippen LogP contribution in [0.5, 0.6) is 0 Å². The summed E-state index contributed by atoms with van der Waals surface area (Å²) in [7, 11) is 0. The molecule has 2 aromatic heterocycles. The van der Waals surface area contributed by atoms with Crippen molar-refractivity contribution in [2.45, 2.75) is 6.54 Å². The van der Waals surface area contributed by atoms with Crippen LogP contribution in [-0.2, 0) is 11.3 Å². The zero-order valence-corrected chi connectivity index (χ0v) is 14.8. The molecule has 0 saturated carbocycles. The minimum Gasteiger partial charge on any atom is -0.467 e. The SMILES string of the molecule is N#CC(=Cc1ccc(-c2c(Cl)cccc2Cl)o1)C(=O)NCc1ccco1. The van der Waals surface area contributed by atoms with E-state index in [0.717, 1.165) is 0 Å². The van der Waals surface area contributed by atoms with Crippen LogP contribution in [0.25, 0.3) is 17.4 Å². The van der Waals surface area contributed by atoms with Crippen LogP contribution in [0, 0.1) is 11.3 Å². The van der Waals surface area contributed by atoms with Gasteiger partial charge in [-0.1, -0.05) is 29.3 Å². The second-order valence-corrected chi connectivity index (χ2v) is 6.04. The summed E-state index contributed by atoms with van der Waals surface area (Å²) in [5, 5.41) is 12.7. The Morgan fingerprint density at radius 3 is 2.58 bits per heavy atom. The van der Waals surface area contributed by atoms with Gasteiger partial charge in [0.2, 0.25) is 0 Å². The number of halogens is 2. The van der Waals surface area contributed by atoms with Crippen molar-refractivity contribution in [2.24, 2.45) is 0 Å². The van der Waals surface area contributed by atoms with Gasteiger partial charge < -0.3 is 14.2 Å². The predicted octanol–water partition coefficient (Wildman–Crippen LogP) is 5.07. The normalized spacial score (nSPS) is 11.2. The second kappa shape index (κ2) is 7.96. The lowest BCUT2D eigenvalue weighted by atomic mass is 10.2. The maximum absolute atomic E-state index is 12.1. The van der Waals surface area contributed by atoms with Gasteiger partial charge in [0.1, 0.15) is 28.9 Å². The molecule has 0 aliphatic carbocycles. The molecule has 1 amide bonds. The molecule has 3 rings (SSSR count). The molecule has 26 heavy (non-hydrogen) atoms. The summed E-state index contributed by atoms with van der Waals surface area (Å²) in [5.74, 6) is 0.836. The van der Waals surface area contributed by atoms with Crippen molar-refractivity contribution in [1.82, 2.24) is 5.32 Å². The lowest BCUT2D eigenvalue weighted by Crippen LogP contribution is -2.23. The number of hydrogen-bond acceptors (Lipinski definition) is 4. The number of benzene rings is 1. The van der Waals surface area contributed by atoms with E-state index in [-0.39, 0.29) is 12.1 Å². The highest BCUT2D eigenvalue weighted by atomic mass is 35.5. The van der Waals surface area contributed by atoms with E-state index in [1.54, 1.807) is 42.5 Å². The first-order chi connectivity index (χ1) is 12.6. The number of carbonyl (C=O) groups is 1. The van der Waals surface area contributed by atoms with Crippen LogP contribution < -0.4 is 5.32 Å². The summed E-state index contributed by atoms with van der Waals surface area (Å²) in [6, 6.07) is 13.7. The topological polar surface area (TPSA) is 79.2 Å². The number of furan rings is 2. The summed E-state index contributed by atoms with van der Waals surface area (Å²) in [4.78, 5) is 12.1. The first-order valence-corrected chi connectivity index (χ1v) is 8.30. The summed E-state index contributed by atoms with van der Waals surface area (Å²) in [5.41, 5.74) is 0.457. The molecule has 7 heteroatoms. The van der Waals surface area contributed by atoms with E-state index >= 15 is 0 Å². The van der Waals surface area contributed by atoms with Crippen LogP contribution in [-0.4, -0.2) is 5.91 Å². The number of nitrogens with zero attached hydrogens (tertiary/aromatic N) is 1. The molecule has 0 atom stereocenters. The molecular formula is C19H12Cl2N2O3. The van der Waals surface area contributed by atoms with Crippen LogP contribution in [0.1, 0.15) is 11.5 Å². The van der Waals surface area contributed by atoms with Gasteiger partial charge in [-0.15, -0.1) is 0 Å². The number of nitriles is 1. The maximum atomic E-state index is 12.1. The minimum absolute atomic E-state index is 0.0947. The molecule has 0 aliphatic heterocycles. The van der Waals surface area contributed by atoms with E-state index in [9.17, 15) is 10.1 Å². The first kappa shape index (κ1) is 17.9. The molecule has 0 unspecified atom stereocenters. The first-order valence-electron chi connectivity index (χ1n) is 7.55. The molecule has 0 fully saturated rings. The zero-order chi connectivity index (χ0) is 18.5. The fourth-order valence-electron chi connectivity index (χ4n) is 2.26. The van der Waals surface area contributed by atoms with Crippen molar-refractivity contribution in [3.8, 4) is 17.4 Å². The molecule has 130 valence electrons. The third kappa shape index (κ3) is 3.99. The molecule has 1 N–H and O–H groups in total. The summed E-state index contributed by atoms with van der Waals surface area (Å²) >= 11 is 12.3. The van der Waals surface area contributed by atoms with E-state index in [1.165, 1.54) is 12.3 Å². The number of carbonyl (C=O) groups excluding carboxylic acids is 1. The molecule has 0 saturated heterocycles. The highest BCUT2D eigenvalue weighted by molar-refractivity contribution is 6.39. The van der Waals surface area contributed by atoms with Crippen molar-refractivity contribution < 1.29 is 13.6 Å². The van der Waals surface area contributed by atoms with E-state index in [0.29, 0.717) is 32.9 Å². The van der Waals surface area contributed by atoms with Gasteiger partial charge in [0.25, 0.3) is 5.91 Å². The van der Waals surface area contributed by atoms with Crippen molar-refractivity contribution in [3.63, 3.8) is 0 Å². The van der Waals surface area contributed by atoms with Crippen LogP contribution >= 0.6 is 23.2 Å². The number of rotatable bonds is 5. The smallest absolute Gasteiger partial charge is 0.262 e. The molecule has 5 nitrogen and oxygen atoms in total. The van der Waals surface area contributed by atoms with Crippen LogP contribution in [0.3, 0.4) is 0 Å². The average Bonchev–Trinajstić information content (AvgIpc) is 3.29. The van der Waals surface area contributed by atoms with E-state index in [2.05, 4.69) is 5.32 Å². The number of nitrogens with one attached hydrogen (secondary N) is 1. The van der Waals surface area contributed by atoms with Gasteiger partial charge in [-0.05, 0) is 36.4 Å². The molecule has 0 bridgehead atoms. The largest absolute Gasteiger partial charge is 0.467 e. The van der Waals surface area contributed by atoms with Crippen molar-refractivity contribution in [3.05, 3.63) is 75.9 Å². The summed E-state index contributed by atoms with van der Waals surface area (Å²) in [6.45, 7) is 0.184. The zero-order valence-electron chi connectivity index (χ0n) is 13.3. The van der Waals surface area contributed by atoms with E-state index < -0.39 is 5.91 Å². The Kier molecular flexibility index (Phi) is 5.47. The number of amides is 1. The van der Waals surface area contributed by atoms with Gasteiger partial charge in [0.15, 0.2) is 0 Å². The fraction of sp³-hybridized carbons (Fsp3) is 0.0526. The number of hydrogen-bond donors (Lipinski definition) is 1. The molecule has 0 aliphatic rings. The van der Waals surface area contributed by atoms with Crippen molar-refractivity contribution >= 4 is 35.2 Å². The Bertz CT molecular complexity index is 978. The molecule has 3 aromatic rings. The lowest BCUT2D eigenvalue weighted by Gasteiger charge is -2.03. The van der Waals surface area contributed by atoms with Crippen LogP contribution in [0.15, 0.2) is 63.1 Å². The molecule has 0 spiro atoms.